The number of unbranched alkanes of at least 4 members (excludes halogenated alkanes) is 4. The van der Waals surface area contributed by atoms with E-state index in [-0.39, 0.29) is 11.4 Å². The number of aromatic amines is 1. The summed E-state index contributed by atoms with van der Waals surface area (Å²) < 4.78 is 46.0. The van der Waals surface area contributed by atoms with Crippen LogP contribution in [0.4, 0.5) is 13.2 Å². The summed E-state index contributed by atoms with van der Waals surface area (Å²) in [4.78, 5) is 15.3. The van der Waals surface area contributed by atoms with E-state index in [9.17, 15) is 18.0 Å². The predicted molar refractivity (Wildman–Crippen MR) is 110 cm³/mol. The van der Waals surface area contributed by atoms with E-state index in [4.69, 9.17) is 4.74 Å². The first-order valence-corrected chi connectivity index (χ1v) is 10.1. The van der Waals surface area contributed by atoms with Gasteiger partial charge in [0.05, 0.1) is 0 Å². The SMILES string of the molecule is CCCCCCCc1ccc(C(=O)Oc2ccc(-c3ccc(F)c(F)c3)cc2F)[nH]1. The van der Waals surface area contributed by atoms with Crippen molar-refractivity contribution >= 4 is 5.97 Å². The molecule has 1 heterocycles. The molecule has 3 aromatic rings. The number of aryl methyl sites for hydroxylation is 1. The molecule has 0 radical (unpaired) electrons. The van der Waals surface area contributed by atoms with Gasteiger partial charge in [0.15, 0.2) is 23.2 Å². The summed E-state index contributed by atoms with van der Waals surface area (Å²) in [6.45, 7) is 2.17. The Balaban J connectivity index is 1.62. The average Bonchev–Trinajstić information content (AvgIpc) is 3.20. The summed E-state index contributed by atoms with van der Waals surface area (Å²) in [5.41, 5.74) is 1.85. The van der Waals surface area contributed by atoms with Crippen LogP contribution < -0.4 is 4.74 Å². The normalized spacial score (nSPS) is 10.9. The maximum atomic E-state index is 14.4. The van der Waals surface area contributed by atoms with Gasteiger partial charge in [0.1, 0.15) is 5.69 Å². The fraction of sp³-hybridized carbons (Fsp3) is 0.292. The number of rotatable bonds is 9. The number of carbonyl (C=O) groups is 1. The highest BCUT2D eigenvalue weighted by Gasteiger charge is 2.15. The zero-order chi connectivity index (χ0) is 21.5. The number of nitrogens with one attached hydrogen (secondary N) is 1. The molecule has 0 spiro atoms. The molecule has 0 aliphatic rings. The van der Waals surface area contributed by atoms with Crippen LogP contribution in [0, 0.1) is 17.5 Å². The largest absolute Gasteiger partial charge is 0.419 e. The minimum absolute atomic E-state index is 0.234. The molecule has 0 unspecified atom stereocenters. The first kappa shape index (κ1) is 21.7. The van der Waals surface area contributed by atoms with Crippen molar-refractivity contribution in [2.75, 3.05) is 0 Å². The minimum Gasteiger partial charge on any atom is -0.419 e. The number of ether oxygens (including phenoxy) is 1. The van der Waals surface area contributed by atoms with Crippen LogP contribution in [-0.2, 0) is 6.42 Å². The van der Waals surface area contributed by atoms with E-state index in [1.807, 2.05) is 6.07 Å². The second kappa shape index (κ2) is 10.1. The number of hydrogen-bond donors (Lipinski definition) is 1. The Morgan fingerprint density at radius 1 is 0.833 bits per heavy atom. The molecule has 0 aliphatic heterocycles. The average molecular weight is 415 g/mol. The number of carbonyl (C=O) groups excluding carboxylic acids is 1. The van der Waals surface area contributed by atoms with E-state index < -0.39 is 23.4 Å². The molecule has 1 N–H and O–H groups in total. The zero-order valence-electron chi connectivity index (χ0n) is 16.8. The van der Waals surface area contributed by atoms with E-state index in [1.165, 1.54) is 37.5 Å². The van der Waals surface area contributed by atoms with E-state index in [0.717, 1.165) is 43.2 Å². The first-order chi connectivity index (χ1) is 14.5. The second-order valence-corrected chi connectivity index (χ2v) is 7.23. The van der Waals surface area contributed by atoms with Crippen molar-refractivity contribution in [3.63, 3.8) is 0 Å². The van der Waals surface area contributed by atoms with Gasteiger partial charge in [0.2, 0.25) is 0 Å². The third kappa shape index (κ3) is 5.53. The lowest BCUT2D eigenvalue weighted by molar-refractivity contribution is 0.0722. The van der Waals surface area contributed by atoms with Crippen LogP contribution in [0.15, 0.2) is 48.5 Å². The molecule has 0 amide bonds. The quantitative estimate of drug-likeness (QED) is 0.236. The van der Waals surface area contributed by atoms with Gasteiger partial charge in [-0.25, -0.2) is 18.0 Å². The summed E-state index contributed by atoms with van der Waals surface area (Å²) >= 11 is 0. The predicted octanol–water partition coefficient (Wildman–Crippen LogP) is 6.83. The molecule has 6 heteroatoms. The number of halogens is 3. The molecule has 0 bridgehead atoms. The molecule has 0 saturated heterocycles. The molecular weight excluding hydrogens is 391 g/mol. The molecule has 2 aromatic carbocycles. The highest BCUT2D eigenvalue weighted by molar-refractivity contribution is 5.89. The van der Waals surface area contributed by atoms with E-state index >= 15 is 0 Å². The Hall–Kier alpha value is -3.02. The Morgan fingerprint density at radius 3 is 2.23 bits per heavy atom. The number of aromatic nitrogens is 1. The minimum atomic E-state index is -1.02. The molecule has 3 nitrogen and oxygen atoms in total. The number of H-pyrrole nitrogens is 1. The molecular formula is C24H24F3NO2. The Labute approximate surface area is 173 Å². The van der Waals surface area contributed by atoms with Gasteiger partial charge in [-0.05, 0) is 60.4 Å². The summed E-state index contributed by atoms with van der Waals surface area (Å²) in [6.07, 6.45) is 6.64. The smallest absolute Gasteiger partial charge is 0.360 e. The van der Waals surface area contributed by atoms with E-state index in [1.54, 1.807) is 6.07 Å². The van der Waals surface area contributed by atoms with Gasteiger partial charge in [-0.3, -0.25) is 0 Å². The molecule has 0 fully saturated rings. The van der Waals surface area contributed by atoms with Crippen LogP contribution in [0.2, 0.25) is 0 Å². The fourth-order valence-electron chi connectivity index (χ4n) is 3.22. The van der Waals surface area contributed by atoms with Gasteiger partial charge in [0, 0.05) is 5.69 Å². The van der Waals surface area contributed by atoms with Gasteiger partial charge in [-0.2, -0.15) is 0 Å². The summed E-state index contributed by atoms with van der Waals surface area (Å²) in [5, 5.41) is 0. The second-order valence-electron chi connectivity index (χ2n) is 7.23. The van der Waals surface area contributed by atoms with Crippen molar-refractivity contribution < 1.29 is 22.7 Å². The van der Waals surface area contributed by atoms with Gasteiger partial charge < -0.3 is 9.72 Å². The lowest BCUT2D eigenvalue weighted by atomic mass is 10.1. The van der Waals surface area contributed by atoms with Crippen LogP contribution in [0.5, 0.6) is 5.75 Å². The van der Waals surface area contributed by atoms with Crippen molar-refractivity contribution in [2.24, 2.45) is 0 Å². The maximum Gasteiger partial charge on any atom is 0.360 e. The summed E-state index contributed by atoms with van der Waals surface area (Å²) in [5.74, 6) is -3.69. The van der Waals surface area contributed by atoms with Gasteiger partial charge in [0.25, 0.3) is 0 Å². The van der Waals surface area contributed by atoms with Crippen molar-refractivity contribution in [1.29, 1.82) is 0 Å². The van der Waals surface area contributed by atoms with Gasteiger partial charge in [-0.1, -0.05) is 44.7 Å². The number of benzene rings is 2. The molecule has 0 aliphatic carbocycles. The van der Waals surface area contributed by atoms with Crippen molar-refractivity contribution in [2.45, 2.75) is 45.4 Å². The van der Waals surface area contributed by atoms with Crippen LogP contribution in [0.25, 0.3) is 11.1 Å². The third-order valence-corrected chi connectivity index (χ3v) is 4.90. The fourth-order valence-corrected chi connectivity index (χ4v) is 3.22. The van der Waals surface area contributed by atoms with Crippen LogP contribution >= 0.6 is 0 Å². The Morgan fingerprint density at radius 2 is 1.53 bits per heavy atom. The van der Waals surface area contributed by atoms with E-state index in [0.29, 0.717) is 11.1 Å². The van der Waals surface area contributed by atoms with Crippen molar-refractivity contribution in [1.82, 2.24) is 4.98 Å². The Kier molecular flexibility index (Phi) is 7.33. The van der Waals surface area contributed by atoms with Crippen LogP contribution in [0.3, 0.4) is 0 Å². The highest BCUT2D eigenvalue weighted by atomic mass is 19.2. The lowest BCUT2D eigenvalue weighted by Gasteiger charge is -2.07. The molecule has 1 aromatic heterocycles. The van der Waals surface area contributed by atoms with Crippen LogP contribution in [0.1, 0.15) is 55.2 Å². The van der Waals surface area contributed by atoms with Crippen molar-refractivity contribution in [3.8, 4) is 16.9 Å². The lowest BCUT2D eigenvalue weighted by Crippen LogP contribution is -2.10. The summed E-state index contributed by atoms with van der Waals surface area (Å²) in [6, 6.07) is 10.7. The summed E-state index contributed by atoms with van der Waals surface area (Å²) in [7, 11) is 0. The van der Waals surface area contributed by atoms with E-state index in [2.05, 4.69) is 11.9 Å². The zero-order valence-corrected chi connectivity index (χ0v) is 16.8. The number of hydrogen-bond acceptors (Lipinski definition) is 2. The van der Waals surface area contributed by atoms with Crippen LogP contribution in [-0.4, -0.2) is 11.0 Å². The standard InChI is InChI=1S/C24H24F3NO2/c1-2-3-4-5-6-7-18-10-12-22(28-18)24(29)30-23-13-9-17(15-21(23)27)16-8-11-19(25)20(26)14-16/h8-15,28H,2-7H2,1H3. The van der Waals surface area contributed by atoms with Crippen molar-refractivity contribution in [3.05, 3.63) is 77.4 Å². The number of esters is 1. The first-order valence-electron chi connectivity index (χ1n) is 10.1. The molecule has 0 atom stereocenters. The monoisotopic (exact) mass is 415 g/mol. The topological polar surface area (TPSA) is 42.1 Å². The highest BCUT2D eigenvalue weighted by Crippen LogP contribution is 2.27. The Bertz CT molecular complexity index is 1010. The third-order valence-electron chi connectivity index (χ3n) is 4.90. The van der Waals surface area contributed by atoms with Gasteiger partial charge >= 0.3 is 5.97 Å². The van der Waals surface area contributed by atoms with Gasteiger partial charge in [-0.15, -0.1) is 0 Å². The molecule has 0 saturated carbocycles. The molecule has 30 heavy (non-hydrogen) atoms. The maximum absolute atomic E-state index is 14.4. The molecule has 158 valence electrons. The molecule has 3 rings (SSSR count).